The van der Waals surface area contributed by atoms with Crippen molar-refractivity contribution in [2.24, 2.45) is 0 Å². The van der Waals surface area contributed by atoms with Crippen LogP contribution in [0.15, 0.2) is 46.9 Å². The molecule has 0 saturated heterocycles. The molecule has 0 amide bonds. The summed E-state index contributed by atoms with van der Waals surface area (Å²) in [5, 5.41) is 11.8. The first kappa shape index (κ1) is 14.5. The van der Waals surface area contributed by atoms with Gasteiger partial charge in [0.15, 0.2) is 0 Å². The molecule has 0 fully saturated rings. The molecule has 1 unspecified atom stereocenters. The summed E-state index contributed by atoms with van der Waals surface area (Å²) in [6.45, 7) is 2.00. The van der Waals surface area contributed by atoms with Gasteiger partial charge in [-0.15, -0.1) is 0 Å². The fourth-order valence-electron chi connectivity index (χ4n) is 1.99. The van der Waals surface area contributed by atoms with Gasteiger partial charge in [0.25, 0.3) is 0 Å². The van der Waals surface area contributed by atoms with Gasteiger partial charge in [-0.3, -0.25) is 0 Å². The zero-order valence-corrected chi connectivity index (χ0v) is 12.6. The topological polar surface area (TPSA) is 35.8 Å². The number of hydrogen-bond donors (Lipinski definition) is 1. The molecule has 102 valence electrons. The van der Waals surface area contributed by atoms with E-state index in [1.807, 2.05) is 37.3 Å². The standard InChI is InChI=1S/C16H14BrFN2/c1-11(8-12-2-5-14(17)6-3-12)20-16-7-4-13(10-19)9-15(16)18/h2-7,9,11,20H,8H2,1H3. The first-order valence-corrected chi connectivity index (χ1v) is 7.08. The average Bonchev–Trinajstić information content (AvgIpc) is 2.43. The van der Waals surface area contributed by atoms with Gasteiger partial charge in [0.2, 0.25) is 0 Å². The number of benzene rings is 2. The van der Waals surface area contributed by atoms with Gasteiger partial charge in [-0.05, 0) is 49.2 Å². The van der Waals surface area contributed by atoms with Crippen LogP contribution in [0.1, 0.15) is 18.1 Å². The molecule has 1 N–H and O–H groups in total. The predicted octanol–water partition coefficient (Wildman–Crippen LogP) is 4.50. The number of hydrogen-bond acceptors (Lipinski definition) is 2. The van der Waals surface area contributed by atoms with Crippen molar-refractivity contribution >= 4 is 21.6 Å². The van der Waals surface area contributed by atoms with Crippen LogP contribution in [-0.2, 0) is 6.42 Å². The number of anilines is 1. The zero-order chi connectivity index (χ0) is 14.5. The molecular weight excluding hydrogens is 319 g/mol. The van der Waals surface area contributed by atoms with Crippen molar-refractivity contribution in [3.8, 4) is 6.07 Å². The van der Waals surface area contributed by atoms with E-state index in [2.05, 4.69) is 21.2 Å². The molecule has 0 aliphatic carbocycles. The van der Waals surface area contributed by atoms with Crippen LogP contribution in [0, 0.1) is 17.1 Å². The molecule has 0 aromatic heterocycles. The summed E-state index contributed by atoms with van der Waals surface area (Å²) in [5.74, 6) is -0.397. The van der Waals surface area contributed by atoms with E-state index in [-0.39, 0.29) is 6.04 Å². The molecule has 2 aromatic rings. The Labute approximate surface area is 126 Å². The fraction of sp³-hybridized carbons (Fsp3) is 0.188. The van der Waals surface area contributed by atoms with Gasteiger partial charge in [-0.25, -0.2) is 4.39 Å². The van der Waals surface area contributed by atoms with Crippen LogP contribution in [0.3, 0.4) is 0 Å². The highest BCUT2D eigenvalue weighted by Gasteiger charge is 2.08. The third kappa shape index (κ3) is 3.82. The third-order valence-electron chi connectivity index (χ3n) is 2.96. The number of rotatable bonds is 4. The second-order valence-corrected chi connectivity index (χ2v) is 5.60. The summed E-state index contributed by atoms with van der Waals surface area (Å²) in [7, 11) is 0. The van der Waals surface area contributed by atoms with Crippen molar-refractivity contribution in [2.45, 2.75) is 19.4 Å². The molecule has 2 aromatic carbocycles. The lowest BCUT2D eigenvalue weighted by Gasteiger charge is -2.16. The Kier molecular flexibility index (Phi) is 4.75. The molecular formula is C16H14BrFN2. The molecule has 0 aliphatic heterocycles. The molecule has 2 nitrogen and oxygen atoms in total. The maximum Gasteiger partial charge on any atom is 0.147 e. The molecule has 0 spiro atoms. The molecule has 0 aliphatic rings. The lowest BCUT2D eigenvalue weighted by Crippen LogP contribution is -2.18. The van der Waals surface area contributed by atoms with E-state index in [0.29, 0.717) is 11.3 Å². The Morgan fingerprint density at radius 3 is 2.55 bits per heavy atom. The van der Waals surface area contributed by atoms with Crippen molar-refractivity contribution in [3.05, 3.63) is 63.9 Å². The van der Waals surface area contributed by atoms with Crippen molar-refractivity contribution in [3.63, 3.8) is 0 Å². The molecule has 20 heavy (non-hydrogen) atoms. The van der Waals surface area contributed by atoms with E-state index in [4.69, 9.17) is 5.26 Å². The fourth-order valence-corrected chi connectivity index (χ4v) is 2.26. The van der Waals surface area contributed by atoms with E-state index in [1.165, 1.54) is 11.6 Å². The largest absolute Gasteiger partial charge is 0.380 e. The van der Waals surface area contributed by atoms with Gasteiger partial charge in [-0.2, -0.15) is 5.26 Å². The Morgan fingerprint density at radius 2 is 1.95 bits per heavy atom. The van der Waals surface area contributed by atoms with E-state index in [0.717, 1.165) is 10.9 Å². The highest BCUT2D eigenvalue weighted by Crippen LogP contribution is 2.18. The summed E-state index contributed by atoms with van der Waals surface area (Å²) in [4.78, 5) is 0. The second-order valence-electron chi connectivity index (χ2n) is 4.68. The van der Waals surface area contributed by atoms with Gasteiger partial charge in [0.1, 0.15) is 5.82 Å². The first-order chi connectivity index (χ1) is 9.58. The number of halogens is 2. The van der Waals surface area contributed by atoms with E-state index < -0.39 is 5.82 Å². The minimum Gasteiger partial charge on any atom is -0.380 e. The Balaban J connectivity index is 2.03. The van der Waals surface area contributed by atoms with Crippen molar-refractivity contribution in [1.29, 1.82) is 5.26 Å². The normalized spacial score (nSPS) is 11.7. The van der Waals surface area contributed by atoms with Crippen molar-refractivity contribution < 1.29 is 4.39 Å². The number of nitriles is 1. The molecule has 0 heterocycles. The van der Waals surface area contributed by atoms with Crippen LogP contribution in [0.5, 0.6) is 0 Å². The van der Waals surface area contributed by atoms with Crippen molar-refractivity contribution in [2.75, 3.05) is 5.32 Å². The first-order valence-electron chi connectivity index (χ1n) is 6.29. The maximum absolute atomic E-state index is 13.8. The maximum atomic E-state index is 13.8. The van der Waals surface area contributed by atoms with Gasteiger partial charge < -0.3 is 5.32 Å². The lowest BCUT2D eigenvalue weighted by molar-refractivity contribution is 0.625. The Morgan fingerprint density at radius 1 is 1.25 bits per heavy atom. The Bertz CT molecular complexity index is 632. The highest BCUT2D eigenvalue weighted by atomic mass is 79.9. The summed E-state index contributed by atoms with van der Waals surface area (Å²) >= 11 is 3.40. The minimum absolute atomic E-state index is 0.0959. The van der Waals surface area contributed by atoms with Crippen LogP contribution in [0.4, 0.5) is 10.1 Å². The molecule has 1 atom stereocenters. The number of nitrogens with zero attached hydrogens (tertiary/aromatic N) is 1. The van der Waals surface area contributed by atoms with Crippen molar-refractivity contribution in [1.82, 2.24) is 0 Å². The molecule has 2 rings (SSSR count). The van der Waals surface area contributed by atoms with Crippen LogP contribution >= 0.6 is 15.9 Å². The predicted molar refractivity (Wildman–Crippen MR) is 82.0 cm³/mol. The smallest absolute Gasteiger partial charge is 0.147 e. The molecule has 0 bridgehead atoms. The zero-order valence-electron chi connectivity index (χ0n) is 11.0. The molecule has 0 saturated carbocycles. The quantitative estimate of drug-likeness (QED) is 0.894. The lowest BCUT2D eigenvalue weighted by atomic mass is 10.1. The van der Waals surface area contributed by atoms with E-state index in [9.17, 15) is 4.39 Å². The van der Waals surface area contributed by atoms with Crippen LogP contribution in [-0.4, -0.2) is 6.04 Å². The van der Waals surface area contributed by atoms with Gasteiger partial charge in [-0.1, -0.05) is 28.1 Å². The minimum atomic E-state index is -0.397. The van der Waals surface area contributed by atoms with Gasteiger partial charge in [0, 0.05) is 10.5 Å². The molecule has 4 heteroatoms. The van der Waals surface area contributed by atoms with Crippen LogP contribution in [0.2, 0.25) is 0 Å². The summed E-state index contributed by atoms with van der Waals surface area (Å²) in [6, 6.07) is 14.5. The SMILES string of the molecule is CC(Cc1ccc(Br)cc1)Nc1ccc(C#N)cc1F. The van der Waals surface area contributed by atoms with E-state index in [1.54, 1.807) is 12.1 Å². The van der Waals surface area contributed by atoms with Gasteiger partial charge >= 0.3 is 0 Å². The average molecular weight is 333 g/mol. The summed E-state index contributed by atoms with van der Waals surface area (Å²) in [6.07, 6.45) is 0.798. The van der Waals surface area contributed by atoms with E-state index >= 15 is 0 Å². The second kappa shape index (κ2) is 6.53. The van der Waals surface area contributed by atoms with Crippen LogP contribution in [0.25, 0.3) is 0 Å². The summed E-state index contributed by atoms with van der Waals surface area (Å²) in [5.41, 5.74) is 1.93. The monoisotopic (exact) mass is 332 g/mol. The van der Waals surface area contributed by atoms with Crippen LogP contribution < -0.4 is 5.32 Å². The molecule has 0 radical (unpaired) electrons. The highest BCUT2D eigenvalue weighted by molar-refractivity contribution is 9.10. The summed E-state index contributed by atoms with van der Waals surface area (Å²) < 4.78 is 14.8. The van der Waals surface area contributed by atoms with Gasteiger partial charge in [0.05, 0.1) is 17.3 Å². The Hall–Kier alpha value is -1.86. The third-order valence-corrected chi connectivity index (χ3v) is 3.48. The number of nitrogens with one attached hydrogen (secondary N) is 1.